The Morgan fingerprint density at radius 2 is 1.73 bits per heavy atom. The Balaban J connectivity index is 0.000000431. The van der Waals surface area contributed by atoms with Crippen LogP contribution in [0.5, 0.6) is 0 Å². The van der Waals surface area contributed by atoms with Crippen LogP contribution in [0.2, 0.25) is 0 Å². The smallest absolute Gasteiger partial charge is 0.261 e. The number of nitrogens with zero attached hydrogens (tertiary/aromatic N) is 1. The lowest BCUT2D eigenvalue weighted by Crippen LogP contribution is -2.49. The SMILES string of the molecule is CN1C2CCC1CC(NC(=O)C(CO)c1ccccc1)C2.CS(=O)(=O)O. The number of nitrogens with one attached hydrogen (secondary N) is 1. The summed E-state index contributed by atoms with van der Waals surface area (Å²) in [5.74, 6) is -0.499. The summed E-state index contributed by atoms with van der Waals surface area (Å²) >= 11 is 0. The van der Waals surface area contributed by atoms with Gasteiger partial charge in [-0.3, -0.25) is 9.35 Å². The first-order chi connectivity index (χ1) is 12.2. The molecule has 26 heavy (non-hydrogen) atoms. The number of carbonyl (C=O) groups is 1. The molecule has 1 aromatic rings. The number of hydrogen-bond acceptors (Lipinski definition) is 5. The minimum Gasteiger partial charge on any atom is -0.395 e. The van der Waals surface area contributed by atoms with Crippen molar-refractivity contribution in [1.29, 1.82) is 0 Å². The molecule has 3 unspecified atom stereocenters. The number of amides is 1. The zero-order valence-corrected chi connectivity index (χ0v) is 16.0. The summed E-state index contributed by atoms with van der Waals surface area (Å²) < 4.78 is 25.9. The van der Waals surface area contributed by atoms with Crippen molar-refractivity contribution in [3.8, 4) is 0 Å². The highest BCUT2D eigenvalue weighted by atomic mass is 32.2. The highest BCUT2D eigenvalue weighted by Gasteiger charge is 2.39. The molecule has 8 heteroatoms. The number of benzene rings is 1. The van der Waals surface area contributed by atoms with Gasteiger partial charge in [-0.05, 0) is 38.3 Å². The zero-order chi connectivity index (χ0) is 19.3. The lowest BCUT2D eigenvalue weighted by molar-refractivity contribution is -0.124. The van der Waals surface area contributed by atoms with Crippen molar-refractivity contribution in [1.82, 2.24) is 10.2 Å². The number of hydrogen-bond donors (Lipinski definition) is 3. The van der Waals surface area contributed by atoms with E-state index >= 15 is 0 Å². The van der Waals surface area contributed by atoms with Crippen molar-refractivity contribution in [3.63, 3.8) is 0 Å². The lowest BCUT2D eigenvalue weighted by atomic mass is 9.95. The van der Waals surface area contributed by atoms with Gasteiger partial charge in [0, 0.05) is 18.1 Å². The summed E-state index contributed by atoms with van der Waals surface area (Å²) in [6.45, 7) is -0.144. The second-order valence-corrected chi connectivity index (χ2v) is 8.57. The van der Waals surface area contributed by atoms with Crippen LogP contribution in [0, 0.1) is 0 Å². The number of aliphatic hydroxyl groups is 1. The first-order valence-electron chi connectivity index (χ1n) is 8.79. The monoisotopic (exact) mass is 384 g/mol. The Morgan fingerprint density at radius 1 is 1.23 bits per heavy atom. The standard InChI is InChI=1S/C17H24N2O2.CH4O3S/c1-19-14-7-8-15(19)10-13(9-14)18-17(21)16(11-20)12-5-3-2-4-6-12;1-5(2,3)4/h2-6,13-16,20H,7-11H2,1H3,(H,18,21);1H3,(H,2,3,4). The quantitative estimate of drug-likeness (QED) is 0.669. The van der Waals surface area contributed by atoms with Gasteiger partial charge in [-0.1, -0.05) is 30.3 Å². The van der Waals surface area contributed by atoms with Gasteiger partial charge in [-0.15, -0.1) is 0 Å². The summed E-state index contributed by atoms with van der Waals surface area (Å²) in [4.78, 5) is 14.9. The highest BCUT2D eigenvalue weighted by Crippen LogP contribution is 2.34. The number of aliphatic hydroxyl groups excluding tert-OH is 1. The third-order valence-electron chi connectivity index (χ3n) is 5.15. The maximum Gasteiger partial charge on any atom is 0.261 e. The first-order valence-corrected chi connectivity index (χ1v) is 10.6. The molecule has 146 valence electrons. The molecule has 2 heterocycles. The maximum atomic E-state index is 12.5. The van der Waals surface area contributed by atoms with Crippen LogP contribution in [-0.2, 0) is 14.9 Å². The highest BCUT2D eigenvalue weighted by molar-refractivity contribution is 7.85. The van der Waals surface area contributed by atoms with Crippen molar-refractivity contribution >= 4 is 16.0 Å². The van der Waals surface area contributed by atoms with E-state index in [-0.39, 0.29) is 18.6 Å². The Morgan fingerprint density at radius 3 is 2.19 bits per heavy atom. The van der Waals surface area contributed by atoms with Gasteiger partial charge in [0.1, 0.15) is 0 Å². The normalized spacial score (nSPS) is 26.5. The van der Waals surface area contributed by atoms with E-state index in [0.717, 1.165) is 18.4 Å². The fraction of sp³-hybridized carbons (Fsp3) is 0.611. The molecule has 1 amide bonds. The topological polar surface area (TPSA) is 107 Å². The van der Waals surface area contributed by atoms with Crippen LogP contribution in [0.1, 0.15) is 37.2 Å². The summed E-state index contributed by atoms with van der Waals surface area (Å²) in [6, 6.07) is 11.0. The third kappa shape index (κ3) is 6.05. The lowest BCUT2D eigenvalue weighted by Gasteiger charge is -2.37. The van der Waals surface area contributed by atoms with Crippen molar-refractivity contribution in [2.45, 2.75) is 49.7 Å². The van der Waals surface area contributed by atoms with Gasteiger partial charge in [-0.25, -0.2) is 0 Å². The maximum absolute atomic E-state index is 12.5. The molecular weight excluding hydrogens is 356 g/mol. The molecule has 2 aliphatic rings. The van der Waals surface area contributed by atoms with Crippen LogP contribution in [-0.4, -0.2) is 66.9 Å². The molecule has 7 nitrogen and oxygen atoms in total. The molecule has 0 spiro atoms. The van der Waals surface area contributed by atoms with Crippen LogP contribution in [0.25, 0.3) is 0 Å². The van der Waals surface area contributed by atoms with Crippen molar-refractivity contribution in [2.24, 2.45) is 0 Å². The second kappa shape index (κ2) is 8.94. The Hall–Kier alpha value is -1.48. The van der Waals surface area contributed by atoms with Crippen LogP contribution in [0.4, 0.5) is 0 Å². The molecule has 2 fully saturated rings. The van der Waals surface area contributed by atoms with Gasteiger partial charge in [-0.2, -0.15) is 8.42 Å². The first kappa shape index (κ1) is 20.8. The van der Waals surface area contributed by atoms with E-state index in [9.17, 15) is 18.3 Å². The van der Waals surface area contributed by atoms with E-state index in [1.807, 2.05) is 30.3 Å². The van der Waals surface area contributed by atoms with E-state index in [1.165, 1.54) is 12.8 Å². The number of carbonyl (C=O) groups excluding carboxylic acids is 1. The van der Waals surface area contributed by atoms with Crippen LogP contribution >= 0.6 is 0 Å². The Bertz CT molecular complexity index is 673. The van der Waals surface area contributed by atoms with Crippen molar-refractivity contribution in [2.75, 3.05) is 19.9 Å². The molecule has 0 radical (unpaired) electrons. The van der Waals surface area contributed by atoms with E-state index in [4.69, 9.17) is 4.55 Å². The molecule has 0 aliphatic carbocycles. The Kier molecular flexibility index (Phi) is 7.16. The van der Waals surface area contributed by atoms with E-state index < -0.39 is 16.0 Å². The predicted octanol–water partition coefficient (Wildman–Crippen LogP) is 1.01. The van der Waals surface area contributed by atoms with Gasteiger partial charge in [0.15, 0.2) is 0 Å². The third-order valence-corrected chi connectivity index (χ3v) is 5.15. The second-order valence-electron chi connectivity index (χ2n) is 7.11. The minimum absolute atomic E-state index is 0.0438. The molecule has 0 saturated carbocycles. The van der Waals surface area contributed by atoms with Crippen LogP contribution in [0.15, 0.2) is 30.3 Å². The predicted molar refractivity (Wildman–Crippen MR) is 99.5 cm³/mol. The minimum atomic E-state index is -3.67. The molecular formula is C18H28N2O5S. The van der Waals surface area contributed by atoms with Crippen molar-refractivity contribution in [3.05, 3.63) is 35.9 Å². The van der Waals surface area contributed by atoms with Gasteiger partial charge in [0.2, 0.25) is 5.91 Å². The van der Waals surface area contributed by atoms with E-state index in [0.29, 0.717) is 18.3 Å². The summed E-state index contributed by atoms with van der Waals surface area (Å²) in [7, 11) is -1.47. The fourth-order valence-corrected chi connectivity index (χ4v) is 3.86. The molecule has 0 aromatic heterocycles. The van der Waals surface area contributed by atoms with E-state index in [2.05, 4.69) is 17.3 Å². The van der Waals surface area contributed by atoms with Gasteiger partial charge < -0.3 is 15.3 Å². The molecule has 2 aliphatic heterocycles. The van der Waals surface area contributed by atoms with Gasteiger partial charge in [0.05, 0.1) is 18.8 Å². The number of piperidine rings is 1. The molecule has 2 saturated heterocycles. The van der Waals surface area contributed by atoms with Crippen LogP contribution in [0.3, 0.4) is 0 Å². The van der Waals surface area contributed by atoms with Crippen molar-refractivity contribution < 1.29 is 22.9 Å². The summed E-state index contributed by atoms with van der Waals surface area (Å²) in [5, 5.41) is 12.7. The van der Waals surface area contributed by atoms with E-state index in [1.54, 1.807) is 0 Å². The average Bonchev–Trinajstić information content (AvgIpc) is 2.77. The number of fused-ring (bicyclic) bond motifs is 2. The molecule has 3 N–H and O–H groups in total. The van der Waals surface area contributed by atoms with Crippen LogP contribution < -0.4 is 5.32 Å². The molecule has 3 rings (SSSR count). The zero-order valence-electron chi connectivity index (χ0n) is 15.2. The van der Waals surface area contributed by atoms with Gasteiger partial charge >= 0.3 is 0 Å². The molecule has 1 aromatic carbocycles. The molecule has 3 atom stereocenters. The largest absolute Gasteiger partial charge is 0.395 e. The Labute approximate surface area is 155 Å². The van der Waals surface area contributed by atoms with Gasteiger partial charge in [0.25, 0.3) is 10.1 Å². The fourth-order valence-electron chi connectivity index (χ4n) is 3.86. The molecule has 2 bridgehead atoms. The summed E-state index contributed by atoms with van der Waals surface area (Å²) in [6.07, 6.45) is 5.27. The number of rotatable bonds is 4. The summed E-state index contributed by atoms with van der Waals surface area (Å²) in [5.41, 5.74) is 0.883. The average molecular weight is 384 g/mol.